The second-order valence-corrected chi connectivity index (χ2v) is 3.60. The third kappa shape index (κ3) is 4.12. The Bertz CT molecular complexity index is 114. The molecule has 0 aromatic carbocycles. The van der Waals surface area contributed by atoms with Gasteiger partial charge in [0.25, 0.3) is 0 Å². The van der Waals surface area contributed by atoms with Gasteiger partial charge < -0.3 is 9.31 Å². The van der Waals surface area contributed by atoms with Crippen LogP contribution in [-0.4, -0.2) is 18.8 Å². The summed E-state index contributed by atoms with van der Waals surface area (Å²) in [6.45, 7) is 12.2. The first-order valence-electron chi connectivity index (χ1n) is 4.83. The van der Waals surface area contributed by atoms with Gasteiger partial charge in [0.2, 0.25) is 0 Å². The normalized spacial score (nSPS) is 27.5. The summed E-state index contributed by atoms with van der Waals surface area (Å²) in [4.78, 5) is 0. The molecule has 2 nitrogen and oxygen atoms in total. The molecule has 1 rings (SSSR count). The third-order valence-corrected chi connectivity index (χ3v) is 1.69. The van der Waals surface area contributed by atoms with Crippen molar-refractivity contribution < 1.29 is 9.31 Å². The van der Waals surface area contributed by atoms with Gasteiger partial charge in [0.05, 0.1) is 5.60 Å². The lowest BCUT2D eigenvalue weighted by atomic mass is 9.86. The Morgan fingerprint density at radius 2 is 1.83 bits per heavy atom. The van der Waals surface area contributed by atoms with Gasteiger partial charge in [-0.2, -0.15) is 0 Å². The van der Waals surface area contributed by atoms with Gasteiger partial charge in [-0.05, 0) is 34.0 Å². The van der Waals surface area contributed by atoms with Crippen molar-refractivity contribution in [3.8, 4) is 0 Å². The van der Waals surface area contributed by atoms with E-state index in [0.717, 1.165) is 6.42 Å². The molecule has 1 heterocycles. The standard InChI is InChI=1S/C7H15BO2.C2H6/c1-6-5-7(2,3)10-8(4)9-6;1-2/h6H,5H2,1-4H3;1-2H3. The van der Waals surface area contributed by atoms with Crippen LogP contribution < -0.4 is 0 Å². The molecule has 1 aliphatic heterocycles. The summed E-state index contributed by atoms with van der Waals surface area (Å²) in [7, 11) is -0.0428. The highest BCUT2D eigenvalue weighted by Crippen LogP contribution is 2.25. The number of hydrogen-bond donors (Lipinski definition) is 0. The highest BCUT2D eigenvalue weighted by atomic mass is 16.6. The molecule has 0 aromatic heterocycles. The van der Waals surface area contributed by atoms with E-state index in [4.69, 9.17) is 9.31 Å². The van der Waals surface area contributed by atoms with Crippen molar-refractivity contribution in [3.05, 3.63) is 0 Å². The second-order valence-electron chi connectivity index (χ2n) is 3.60. The van der Waals surface area contributed by atoms with E-state index < -0.39 is 0 Å². The van der Waals surface area contributed by atoms with E-state index in [-0.39, 0.29) is 12.7 Å². The summed E-state index contributed by atoms with van der Waals surface area (Å²) in [6.07, 6.45) is 1.32. The fourth-order valence-electron chi connectivity index (χ4n) is 1.59. The third-order valence-electron chi connectivity index (χ3n) is 1.69. The Kier molecular flexibility index (Phi) is 4.87. The van der Waals surface area contributed by atoms with Crippen molar-refractivity contribution in [1.82, 2.24) is 0 Å². The average molecular weight is 172 g/mol. The molecule has 0 spiro atoms. The lowest BCUT2D eigenvalue weighted by molar-refractivity contribution is -0.0260. The van der Waals surface area contributed by atoms with Crippen molar-refractivity contribution in [2.45, 2.75) is 59.6 Å². The highest BCUT2D eigenvalue weighted by molar-refractivity contribution is 6.42. The molecule has 0 amide bonds. The minimum absolute atomic E-state index is 0.00289. The summed E-state index contributed by atoms with van der Waals surface area (Å²) < 4.78 is 10.9. The van der Waals surface area contributed by atoms with Gasteiger partial charge in [0, 0.05) is 6.10 Å². The molecule has 72 valence electrons. The predicted molar refractivity (Wildman–Crippen MR) is 53.3 cm³/mol. The molecule has 1 unspecified atom stereocenters. The fourth-order valence-corrected chi connectivity index (χ4v) is 1.59. The van der Waals surface area contributed by atoms with Gasteiger partial charge in [0.15, 0.2) is 0 Å². The molecule has 1 fully saturated rings. The molecule has 1 aliphatic rings. The van der Waals surface area contributed by atoms with Crippen LogP contribution in [0.3, 0.4) is 0 Å². The zero-order valence-electron chi connectivity index (χ0n) is 9.18. The average Bonchev–Trinajstić information content (AvgIpc) is 1.85. The lowest BCUT2D eigenvalue weighted by Crippen LogP contribution is -2.44. The fraction of sp³-hybridized carbons (Fsp3) is 1.00. The molecule has 1 atom stereocenters. The van der Waals surface area contributed by atoms with Crippen LogP contribution in [0, 0.1) is 0 Å². The quantitative estimate of drug-likeness (QED) is 0.523. The predicted octanol–water partition coefficient (Wildman–Crippen LogP) is 2.73. The van der Waals surface area contributed by atoms with Crippen LogP contribution in [0.5, 0.6) is 0 Å². The summed E-state index contributed by atoms with van der Waals surface area (Å²) in [5.74, 6) is 0. The molecule has 0 bridgehead atoms. The lowest BCUT2D eigenvalue weighted by Gasteiger charge is -2.37. The van der Waals surface area contributed by atoms with E-state index in [1.165, 1.54) is 0 Å². The Morgan fingerprint density at radius 1 is 1.33 bits per heavy atom. The van der Waals surface area contributed by atoms with E-state index in [0.29, 0.717) is 6.10 Å². The Balaban J connectivity index is 0.000000561. The van der Waals surface area contributed by atoms with Crippen molar-refractivity contribution in [1.29, 1.82) is 0 Å². The van der Waals surface area contributed by atoms with Crippen molar-refractivity contribution in [3.63, 3.8) is 0 Å². The van der Waals surface area contributed by atoms with E-state index in [1.807, 2.05) is 20.7 Å². The first-order valence-corrected chi connectivity index (χ1v) is 4.83. The monoisotopic (exact) mass is 172 g/mol. The summed E-state index contributed by atoms with van der Waals surface area (Å²) in [5.41, 5.74) is -0.00289. The van der Waals surface area contributed by atoms with Crippen molar-refractivity contribution in [2.24, 2.45) is 0 Å². The molecule has 12 heavy (non-hydrogen) atoms. The highest BCUT2D eigenvalue weighted by Gasteiger charge is 2.33. The zero-order chi connectivity index (χ0) is 9.78. The number of rotatable bonds is 0. The Hall–Kier alpha value is -0.0151. The van der Waals surface area contributed by atoms with E-state index in [1.54, 1.807) is 0 Å². The summed E-state index contributed by atoms with van der Waals surface area (Å²) in [6, 6.07) is 0. The maximum atomic E-state index is 5.52. The first kappa shape index (κ1) is 12.0. The molecule has 3 heteroatoms. The molecule has 0 aliphatic carbocycles. The van der Waals surface area contributed by atoms with Crippen LogP contribution in [0.1, 0.15) is 41.0 Å². The van der Waals surface area contributed by atoms with Crippen LogP contribution in [0.15, 0.2) is 0 Å². The number of hydrogen-bond acceptors (Lipinski definition) is 2. The summed E-state index contributed by atoms with van der Waals surface area (Å²) >= 11 is 0. The SMILES string of the molecule is CB1OC(C)CC(C)(C)O1.CC. The molecule has 0 aromatic rings. The molecular weight excluding hydrogens is 151 g/mol. The van der Waals surface area contributed by atoms with Crippen LogP contribution >= 0.6 is 0 Å². The second kappa shape index (κ2) is 4.88. The topological polar surface area (TPSA) is 18.5 Å². The molecule has 1 saturated heterocycles. The first-order chi connectivity index (χ1) is 5.49. The van der Waals surface area contributed by atoms with E-state index >= 15 is 0 Å². The van der Waals surface area contributed by atoms with Crippen molar-refractivity contribution >= 4 is 7.12 Å². The maximum Gasteiger partial charge on any atom is 0.454 e. The van der Waals surface area contributed by atoms with Gasteiger partial charge in [-0.3, -0.25) is 0 Å². The van der Waals surface area contributed by atoms with Gasteiger partial charge in [-0.25, -0.2) is 0 Å². The molecule has 0 saturated carbocycles. The van der Waals surface area contributed by atoms with Crippen LogP contribution in [-0.2, 0) is 9.31 Å². The minimum Gasteiger partial charge on any atom is -0.409 e. The van der Waals surface area contributed by atoms with Crippen LogP contribution in [0.2, 0.25) is 6.82 Å². The largest absolute Gasteiger partial charge is 0.454 e. The van der Waals surface area contributed by atoms with Gasteiger partial charge >= 0.3 is 7.12 Å². The molecule has 0 radical (unpaired) electrons. The Labute approximate surface area is 76.8 Å². The molecule has 0 N–H and O–H groups in total. The zero-order valence-corrected chi connectivity index (χ0v) is 9.18. The maximum absolute atomic E-state index is 5.52. The van der Waals surface area contributed by atoms with Crippen LogP contribution in [0.4, 0.5) is 0 Å². The van der Waals surface area contributed by atoms with Crippen LogP contribution in [0.25, 0.3) is 0 Å². The smallest absolute Gasteiger partial charge is 0.409 e. The minimum atomic E-state index is -0.0428. The Morgan fingerprint density at radius 3 is 2.17 bits per heavy atom. The van der Waals surface area contributed by atoms with Gasteiger partial charge in [-0.15, -0.1) is 0 Å². The summed E-state index contributed by atoms with van der Waals surface area (Å²) in [5, 5.41) is 0. The van der Waals surface area contributed by atoms with Gasteiger partial charge in [-0.1, -0.05) is 13.8 Å². The van der Waals surface area contributed by atoms with Gasteiger partial charge in [0.1, 0.15) is 0 Å². The van der Waals surface area contributed by atoms with E-state index in [2.05, 4.69) is 20.8 Å². The van der Waals surface area contributed by atoms with Crippen molar-refractivity contribution in [2.75, 3.05) is 0 Å². The molecular formula is C9H21BO2. The van der Waals surface area contributed by atoms with E-state index in [9.17, 15) is 0 Å².